The van der Waals surface area contributed by atoms with Gasteiger partial charge in [-0.1, -0.05) is 35.9 Å². The lowest BCUT2D eigenvalue weighted by atomic mass is 10.2. The van der Waals surface area contributed by atoms with Crippen LogP contribution in [0.5, 0.6) is 5.75 Å². The van der Waals surface area contributed by atoms with Crippen molar-refractivity contribution in [2.75, 3.05) is 18.9 Å². The highest BCUT2D eigenvalue weighted by Crippen LogP contribution is 2.22. The number of nitrogens with two attached hydrogens (primary N) is 1. The van der Waals surface area contributed by atoms with Gasteiger partial charge in [0.25, 0.3) is 5.91 Å². The van der Waals surface area contributed by atoms with Crippen LogP contribution < -0.4 is 15.8 Å². The maximum atomic E-state index is 12.0. The van der Waals surface area contributed by atoms with E-state index in [1.54, 1.807) is 18.2 Å². The molecular weight excluding hydrogens is 288 g/mol. The summed E-state index contributed by atoms with van der Waals surface area (Å²) in [5.41, 5.74) is 6.46. The molecule has 0 fully saturated rings. The van der Waals surface area contributed by atoms with Gasteiger partial charge in [-0.2, -0.15) is 0 Å². The zero-order chi connectivity index (χ0) is 15.1. The number of anilines is 1. The Hall–Kier alpha value is -2.20. The number of benzene rings is 2. The van der Waals surface area contributed by atoms with E-state index in [2.05, 4.69) is 5.32 Å². The number of nitrogen functional groups attached to an aromatic ring is 1. The van der Waals surface area contributed by atoms with Crippen LogP contribution in [0.3, 0.4) is 0 Å². The van der Waals surface area contributed by atoms with Crippen LogP contribution in [0.4, 0.5) is 5.69 Å². The SMILES string of the molecule is Nc1cccc(C(=O)NCCCOc2ccccc2)c1Cl. The van der Waals surface area contributed by atoms with E-state index >= 15 is 0 Å². The first-order valence-electron chi connectivity index (χ1n) is 6.68. The van der Waals surface area contributed by atoms with Gasteiger partial charge >= 0.3 is 0 Å². The lowest BCUT2D eigenvalue weighted by molar-refractivity contribution is 0.0951. The predicted molar refractivity (Wildman–Crippen MR) is 84.8 cm³/mol. The largest absolute Gasteiger partial charge is 0.494 e. The van der Waals surface area contributed by atoms with E-state index in [9.17, 15) is 4.79 Å². The number of hydrogen-bond acceptors (Lipinski definition) is 3. The maximum Gasteiger partial charge on any atom is 0.252 e. The van der Waals surface area contributed by atoms with Crippen LogP contribution in [0, 0.1) is 0 Å². The summed E-state index contributed by atoms with van der Waals surface area (Å²) in [7, 11) is 0. The van der Waals surface area contributed by atoms with Gasteiger partial charge < -0.3 is 15.8 Å². The van der Waals surface area contributed by atoms with Crippen LogP contribution in [0.1, 0.15) is 16.8 Å². The van der Waals surface area contributed by atoms with E-state index < -0.39 is 0 Å². The fourth-order valence-electron chi connectivity index (χ4n) is 1.80. The zero-order valence-corrected chi connectivity index (χ0v) is 12.3. The van der Waals surface area contributed by atoms with Gasteiger partial charge in [-0.3, -0.25) is 4.79 Å². The Balaban J connectivity index is 1.73. The molecule has 0 saturated heterocycles. The van der Waals surface area contributed by atoms with Gasteiger partial charge in [0.2, 0.25) is 0 Å². The van der Waals surface area contributed by atoms with E-state index in [0.717, 1.165) is 5.75 Å². The maximum absolute atomic E-state index is 12.0. The lowest BCUT2D eigenvalue weighted by Gasteiger charge is -2.09. The topological polar surface area (TPSA) is 64.4 Å². The van der Waals surface area contributed by atoms with Crippen molar-refractivity contribution in [2.24, 2.45) is 0 Å². The number of rotatable bonds is 6. The van der Waals surface area contributed by atoms with Crippen molar-refractivity contribution in [3.63, 3.8) is 0 Å². The number of amides is 1. The first kappa shape index (κ1) is 15.2. The molecule has 0 bridgehead atoms. The van der Waals surface area contributed by atoms with Crippen LogP contribution in [-0.4, -0.2) is 19.1 Å². The Morgan fingerprint density at radius 1 is 1.14 bits per heavy atom. The Bertz CT molecular complexity index is 602. The molecule has 0 aliphatic carbocycles. The Labute approximate surface area is 128 Å². The highest BCUT2D eigenvalue weighted by Gasteiger charge is 2.11. The standard InChI is InChI=1S/C16H17ClN2O2/c17-15-13(8-4-9-14(15)18)16(20)19-10-5-11-21-12-6-2-1-3-7-12/h1-4,6-9H,5,10-11,18H2,(H,19,20). The van der Waals surface area contributed by atoms with Gasteiger partial charge in [-0.15, -0.1) is 0 Å². The molecule has 0 unspecified atom stereocenters. The van der Waals surface area contributed by atoms with Crippen molar-refractivity contribution in [3.8, 4) is 5.75 Å². The number of para-hydroxylation sites is 1. The van der Waals surface area contributed by atoms with E-state index in [-0.39, 0.29) is 10.9 Å². The second kappa shape index (κ2) is 7.55. The molecule has 2 aromatic carbocycles. The van der Waals surface area contributed by atoms with Gasteiger partial charge in [-0.25, -0.2) is 0 Å². The minimum absolute atomic E-state index is 0.230. The van der Waals surface area contributed by atoms with Crippen LogP contribution in [-0.2, 0) is 0 Å². The summed E-state index contributed by atoms with van der Waals surface area (Å²) in [4.78, 5) is 12.0. The second-order valence-corrected chi connectivity index (χ2v) is 4.86. The van der Waals surface area contributed by atoms with Gasteiger partial charge in [-0.05, 0) is 30.7 Å². The molecule has 0 spiro atoms. The van der Waals surface area contributed by atoms with E-state index in [0.29, 0.717) is 30.8 Å². The average molecular weight is 305 g/mol. The van der Waals surface area contributed by atoms with Crippen molar-refractivity contribution >= 4 is 23.2 Å². The van der Waals surface area contributed by atoms with Crippen molar-refractivity contribution in [1.29, 1.82) is 0 Å². The summed E-state index contributed by atoms with van der Waals surface area (Å²) in [6.45, 7) is 1.05. The molecular formula is C16H17ClN2O2. The average Bonchev–Trinajstić information content (AvgIpc) is 2.50. The molecule has 0 atom stereocenters. The summed E-state index contributed by atoms with van der Waals surface area (Å²) in [5.74, 6) is 0.592. The molecule has 0 aliphatic rings. The molecule has 0 saturated carbocycles. The van der Waals surface area contributed by atoms with Gasteiger partial charge in [0.1, 0.15) is 5.75 Å². The third-order valence-corrected chi connectivity index (χ3v) is 3.31. The Morgan fingerprint density at radius 2 is 1.90 bits per heavy atom. The highest BCUT2D eigenvalue weighted by molar-refractivity contribution is 6.36. The molecule has 0 radical (unpaired) electrons. The van der Waals surface area contributed by atoms with Gasteiger partial charge in [0.15, 0.2) is 0 Å². The molecule has 110 valence electrons. The van der Waals surface area contributed by atoms with Crippen LogP contribution >= 0.6 is 11.6 Å². The monoisotopic (exact) mass is 304 g/mol. The summed E-state index contributed by atoms with van der Waals surface area (Å²) in [6.07, 6.45) is 0.709. The molecule has 5 heteroatoms. The van der Waals surface area contributed by atoms with Crippen molar-refractivity contribution in [1.82, 2.24) is 5.32 Å². The molecule has 2 rings (SSSR count). The predicted octanol–water partition coefficient (Wildman–Crippen LogP) is 3.12. The molecule has 1 amide bonds. The smallest absolute Gasteiger partial charge is 0.252 e. The third kappa shape index (κ3) is 4.39. The molecule has 21 heavy (non-hydrogen) atoms. The summed E-state index contributed by atoms with van der Waals surface area (Å²) < 4.78 is 5.54. The number of carbonyl (C=O) groups is 1. The first-order valence-corrected chi connectivity index (χ1v) is 7.06. The lowest BCUT2D eigenvalue weighted by Crippen LogP contribution is -2.26. The summed E-state index contributed by atoms with van der Waals surface area (Å²) in [6, 6.07) is 14.6. The molecule has 0 aromatic heterocycles. The van der Waals surface area contributed by atoms with Crippen LogP contribution in [0.25, 0.3) is 0 Å². The van der Waals surface area contributed by atoms with Gasteiger partial charge in [0.05, 0.1) is 22.9 Å². The quantitative estimate of drug-likeness (QED) is 0.636. The molecule has 0 heterocycles. The molecule has 3 N–H and O–H groups in total. The molecule has 0 aliphatic heterocycles. The number of ether oxygens (including phenoxy) is 1. The zero-order valence-electron chi connectivity index (χ0n) is 11.5. The second-order valence-electron chi connectivity index (χ2n) is 4.48. The Kier molecular flexibility index (Phi) is 5.46. The Morgan fingerprint density at radius 3 is 2.67 bits per heavy atom. The van der Waals surface area contributed by atoms with E-state index in [4.69, 9.17) is 22.1 Å². The minimum atomic E-state index is -0.230. The summed E-state index contributed by atoms with van der Waals surface area (Å²) >= 11 is 6.00. The number of hydrogen-bond donors (Lipinski definition) is 2. The van der Waals surface area contributed by atoms with Crippen molar-refractivity contribution in [3.05, 3.63) is 59.1 Å². The van der Waals surface area contributed by atoms with Crippen molar-refractivity contribution in [2.45, 2.75) is 6.42 Å². The number of nitrogens with one attached hydrogen (secondary N) is 1. The summed E-state index contributed by atoms with van der Waals surface area (Å²) in [5, 5.41) is 3.08. The normalized spacial score (nSPS) is 10.1. The third-order valence-electron chi connectivity index (χ3n) is 2.89. The van der Waals surface area contributed by atoms with Crippen molar-refractivity contribution < 1.29 is 9.53 Å². The first-order chi connectivity index (χ1) is 10.2. The molecule has 4 nitrogen and oxygen atoms in total. The van der Waals surface area contributed by atoms with E-state index in [1.165, 1.54) is 0 Å². The minimum Gasteiger partial charge on any atom is -0.494 e. The number of halogens is 1. The fraction of sp³-hybridized carbons (Fsp3) is 0.188. The van der Waals surface area contributed by atoms with Crippen LogP contribution in [0.15, 0.2) is 48.5 Å². The van der Waals surface area contributed by atoms with E-state index in [1.807, 2.05) is 30.3 Å². The highest BCUT2D eigenvalue weighted by atomic mass is 35.5. The number of carbonyl (C=O) groups excluding carboxylic acids is 1. The fourth-order valence-corrected chi connectivity index (χ4v) is 2.01. The molecule has 2 aromatic rings. The van der Waals surface area contributed by atoms with Gasteiger partial charge in [0, 0.05) is 6.54 Å². The van der Waals surface area contributed by atoms with Crippen LogP contribution in [0.2, 0.25) is 5.02 Å².